The van der Waals surface area contributed by atoms with Gasteiger partial charge in [0.1, 0.15) is 6.54 Å². The van der Waals surface area contributed by atoms with Gasteiger partial charge in [0.05, 0.1) is 0 Å². The fourth-order valence-electron chi connectivity index (χ4n) is 0.200. The normalized spacial score (nSPS) is 7.22. The Bertz CT molecular complexity index is 100. The third-order valence-corrected chi connectivity index (χ3v) is 0.489. The fourth-order valence-corrected chi connectivity index (χ4v) is 0.200. The Morgan fingerprint density at radius 1 is 1.56 bits per heavy atom. The zero-order valence-electron chi connectivity index (χ0n) is 5.47. The summed E-state index contributed by atoms with van der Waals surface area (Å²) in [5.74, 6) is -1.35. The van der Waals surface area contributed by atoms with Gasteiger partial charge in [-0.2, -0.15) is 0 Å². The summed E-state index contributed by atoms with van der Waals surface area (Å²) in [4.78, 5) is 19.7. The summed E-state index contributed by atoms with van der Waals surface area (Å²) < 4.78 is 0. The van der Waals surface area contributed by atoms with Crippen molar-refractivity contribution in [2.75, 3.05) is 6.54 Å². The summed E-state index contributed by atoms with van der Waals surface area (Å²) in [7, 11) is 0. The molecule has 47 valence electrons. The maximum absolute atomic E-state index is 9.97. The first-order chi connectivity index (χ1) is 3.63. The van der Waals surface area contributed by atoms with Gasteiger partial charge in [0, 0.05) is 36.5 Å². The molecule has 0 fully saturated rings. The molecule has 1 amide bonds. The molecule has 4 nitrogen and oxygen atoms in total. The second-order valence-corrected chi connectivity index (χ2v) is 1.30. The minimum Gasteiger partial charge on any atom is -0.480 e. The smallest absolute Gasteiger partial charge is 0.322 e. The molecular formula is C4H7NNaO3. The molecule has 0 aromatic carbocycles. The molecule has 5 heteroatoms. The van der Waals surface area contributed by atoms with Crippen LogP contribution in [-0.2, 0) is 9.59 Å². The van der Waals surface area contributed by atoms with E-state index >= 15 is 0 Å². The van der Waals surface area contributed by atoms with Gasteiger partial charge in [-0.3, -0.25) is 9.59 Å². The number of rotatable bonds is 2. The van der Waals surface area contributed by atoms with E-state index in [1.165, 1.54) is 6.92 Å². The van der Waals surface area contributed by atoms with Gasteiger partial charge in [0.15, 0.2) is 0 Å². The average molecular weight is 140 g/mol. The van der Waals surface area contributed by atoms with Gasteiger partial charge in [-0.15, -0.1) is 0 Å². The first-order valence-corrected chi connectivity index (χ1v) is 2.09. The second-order valence-electron chi connectivity index (χ2n) is 1.30. The van der Waals surface area contributed by atoms with Crippen molar-refractivity contribution in [3.05, 3.63) is 0 Å². The van der Waals surface area contributed by atoms with E-state index in [2.05, 4.69) is 5.32 Å². The van der Waals surface area contributed by atoms with Crippen molar-refractivity contribution in [2.45, 2.75) is 6.92 Å². The van der Waals surface area contributed by atoms with Crippen LogP contribution in [0.25, 0.3) is 0 Å². The van der Waals surface area contributed by atoms with Gasteiger partial charge in [-0.25, -0.2) is 0 Å². The molecule has 1 radical (unpaired) electrons. The summed E-state index contributed by atoms with van der Waals surface area (Å²) in [6, 6.07) is 0. The maximum atomic E-state index is 9.97. The van der Waals surface area contributed by atoms with Crippen LogP contribution in [0.4, 0.5) is 0 Å². The van der Waals surface area contributed by atoms with E-state index in [9.17, 15) is 9.59 Å². The monoisotopic (exact) mass is 140 g/mol. The van der Waals surface area contributed by atoms with E-state index < -0.39 is 5.97 Å². The molecule has 0 atom stereocenters. The van der Waals surface area contributed by atoms with E-state index in [4.69, 9.17) is 5.11 Å². The van der Waals surface area contributed by atoms with Gasteiger partial charge in [-0.1, -0.05) is 0 Å². The molecule has 0 aliphatic carbocycles. The molecule has 0 saturated carbocycles. The number of amides is 1. The van der Waals surface area contributed by atoms with Gasteiger partial charge in [0.2, 0.25) is 5.91 Å². The van der Waals surface area contributed by atoms with Crippen molar-refractivity contribution < 1.29 is 14.7 Å². The Balaban J connectivity index is 0. The minimum absolute atomic E-state index is 0. The molecule has 0 spiro atoms. The van der Waals surface area contributed by atoms with Gasteiger partial charge < -0.3 is 10.4 Å². The number of carbonyl (C=O) groups excluding carboxylic acids is 1. The van der Waals surface area contributed by atoms with Crippen LogP contribution >= 0.6 is 0 Å². The van der Waals surface area contributed by atoms with Crippen molar-refractivity contribution >= 4 is 41.4 Å². The molecule has 0 aliphatic rings. The number of carbonyl (C=O) groups is 2. The molecule has 9 heavy (non-hydrogen) atoms. The molecule has 0 unspecified atom stereocenters. The second kappa shape index (κ2) is 6.07. The number of hydrogen-bond donors (Lipinski definition) is 2. The third kappa shape index (κ3) is 11.5. The zero-order chi connectivity index (χ0) is 6.57. The third-order valence-electron chi connectivity index (χ3n) is 0.489. The summed E-state index contributed by atoms with van der Waals surface area (Å²) in [5.41, 5.74) is 0. The van der Waals surface area contributed by atoms with E-state index in [1.807, 2.05) is 0 Å². The maximum Gasteiger partial charge on any atom is 0.322 e. The summed E-state index contributed by atoms with van der Waals surface area (Å²) >= 11 is 0. The van der Waals surface area contributed by atoms with Crippen LogP contribution in [0.1, 0.15) is 6.92 Å². The van der Waals surface area contributed by atoms with Crippen molar-refractivity contribution in [3.8, 4) is 0 Å². The van der Waals surface area contributed by atoms with Gasteiger partial charge in [-0.05, 0) is 0 Å². The molecule has 0 bridgehead atoms. The number of carboxylic acids is 1. The number of nitrogens with one attached hydrogen (secondary N) is 1. The SMILES string of the molecule is CC(=O)NCC(=O)O.[Na]. The van der Waals surface area contributed by atoms with Crippen LogP contribution < -0.4 is 5.32 Å². The van der Waals surface area contributed by atoms with E-state index in [1.54, 1.807) is 0 Å². The van der Waals surface area contributed by atoms with Crippen LogP contribution in [0.3, 0.4) is 0 Å². The number of aliphatic carboxylic acids is 1. The largest absolute Gasteiger partial charge is 0.480 e. The molecule has 0 aromatic rings. The van der Waals surface area contributed by atoms with Crippen LogP contribution in [-0.4, -0.2) is 53.1 Å². The molecule has 2 N–H and O–H groups in total. The quantitative estimate of drug-likeness (QED) is 0.475. The van der Waals surface area contributed by atoms with Crippen molar-refractivity contribution in [1.29, 1.82) is 0 Å². The predicted molar refractivity (Wildman–Crippen MR) is 32.1 cm³/mol. The molecule has 0 rings (SSSR count). The number of carboxylic acid groups (broad SMARTS) is 1. The Morgan fingerprint density at radius 3 is 2.11 bits per heavy atom. The standard InChI is InChI=1S/C4H7NO3.Na/c1-3(6)5-2-4(7)8;/h2H2,1H3,(H,5,6)(H,7,8);. The van der Waals surface area contributed by atoms with Crippen LogP contribution in [0, 0.1) is 0 Å². The van der Waals surface area contributed by atoms with Gasteiger partial charge in [0.25, 0.3) is 0 Å². The molecule has 0 saturated heterocycles. The van der Waals surface area contributed by atoms with Crippen LogP contribution in [0.5, 0.6) is 0 Å². The number of hydrogen-bond acceptors (Lipinski definition) is 2. The first kappa shape index (κ1) is 11.7. The van der Waals surface area contributed by atoms with Gasteiger partial charge >= 0.3 is 5.97 Å². The Morgan fingerprint density at radius 2 is 2.00 bits per heavy atom. The first-order valence-electron chi connectivity index (χ1n) is 2.09. The minimum atomic E-state index is -1.03. The summed E-state index contributed by atoms with van der Waals surface area (Å²) in [6.07, 6.45) is 0. The fraction of sp³-hybridized carbons (Fsp3) is 0.500. The Kier molecular flexibility index (Phi) is 7.89. The van der Waals surface area contributed by atoms with Crippen molar-refractivity contribution in [2.24, 2.45) is 0 Å². The topological polar surface area (TPSA) is 66.4 Å². The predicted octanol–water partition coefficient (Wildman–Crippen LogP) is -1.17. The van der Waals surface area contributed by atoms with E-state index in [0.717, 1.165) is 0 Å². The van der Waals surface area contributed by atoms with Crippen LogP contribution in [0.15, 0.2) is 0 Å². The average Bonchev–Trinajstić information content (AvgIpc) is 1.61. The van der Waals surface area contributed by atoms with Crippen molar-refractivity contribution in [3.63, 3.8) is 0 Å². The van der Waals surface area contributed by atoms with E-state index in [-0.39, 0.29) is 42.0 Å². The summed E-state index contributed by atoms with van der Waals surface area (Å²) in [5, 5.41) is 10.1. The molecule has 0 aliphatic heterocycles. The van der Waals surface area contributed by atoms with Crippen molar-refractivity contribution in [1.82, 2.24) is 5.32 Å². The molecule has 0 heterocycles. The molecule has 0 aromatic heterocycles. The van der Waals surface area contributed by atoms with Crippen LogP contribution in [0.2, 0.25) is 0 Å². The Labute approximate surface area is 74.9 Å². The zero-order valence-corrected chi connectivity index (χ0v) is 7.47. The molecular weight excluding hydrogens is 133 g/mol. The summed E-state index contributed by atoms with van der Waals surface area (Å²) in [6.45, 7) is 0.971. The Hall–Kier alpha value is -0.0600. The van der Waals surface area contributed by atoms with E-state index in [0.29, 0.717) is 0 Å².